The van der Waals surface area contributed by atoms with Gasteiger partial charge < -0.3 is 9.36 Å². The van der Waals surface area contributed by atoms with Gasteiger partial charge in [0.2, 0.25) is 0 Å². The van der Waals surface area contributed by atoms with Gasteiger partial charge in [0.15, 0.2) is 0 Å². The molecule has 3 nitrogen and oxygen atoms in total. The van der Waals surface area contributed by atoms with Crippen LogP contribution >= 0.6 is 11.6 Å². The summed E-state index contributed by atoms with van der Waals surface area (Å²) < 4.78 is 2.09. The lowest BCUT2D eigenvalue weighted by Crippen LogP contribution is -1.97. The molecule has 0 amide bonds. The molecule has 0 radical (unpaired) electrons. The summed E-state index contributed by atoms with van der Waals surface area (Å²) in [6, 6.07) is 9.97. The lowest BCUT2D eigenvalue weighted by molar-refractivity contribution is -0.108. The number of halogens is 1. The van der Waals surface area contributed by atoms with E-state index in [1.54, 1.807) is 6.20 Å². The Hall–Kier alpha value is -2.13. The molecular weight excluding hydrogens is 284 g/mol. The van der Waals surface area contributed by atoms with Crippen LogP contribution < -0.4 is 0 Å². The summed E-state index contributed by atoms with van der Waals surface area (Å²) in [4.78, 5) is 15.2. The molecule has 0 bridgehead atoms. The van der Waals surface area contributed by atoms with Crippen LogP contribution in [-0.2, 0) is 11.8 Å². The number of aldehydes is 1. The Morgan fingerprint density at radius 1 is 1.24 bits per heavy atom. The molecule has 2 heterocycles. The highest BCUT2D eigenvalue weighted by molar-refractivity contribution is 6.31. The molecule has 2 aromatic heterocycles. The minimum atomic E-state index is -0.151. The predicted octanol–water partition coefficient (Wildman–Crippen LogP) is 4.20. The molecule has 0 saturated carbocycles. The number of hydrogen-bond donors (Lipinski definition) is 0. The summed E-state index contributed by atoms with van der Waals surface area (Å²) in [5.74, 6) is -0.151. The van der Waals surface area contributed by atoms with Gasteiger partial charge in [-0.05, 0) is 29.8 Å². The quantitative estimate of drug-likeness (QED) is 0.679. The Labute approximate surface area is 128 Å². The monoisotopic (exact) mass is 298 g/mol. The van der Waals surface area contributed by atoms with E-state index < -0.39 is 0 Å². The first-order valence-electron chi connectivity index (χ1n) is 6.75. The van der Waals surface area contributed by atoms with Crippen LogP contribution in [0.3, 0.4) is 0 Å². The number of rotatable bonds is 3. The molecular formula is C17H15ClN2O. The number of nitrogens with zero attached hydrogens (tertiary/aromatic N) is 2. The Morgan fingerprint density at radius 3 is 2.81 bits per heavy atom. The van der Waals surface area contributed by atoms with Gasteiger partial charge in [-0.2, -0.15) is 0 Å². The second-order valence-electron chi connectivity index (χ2n) is 5.22. The van der Waals surface area contributed by atoms with E-state index in [0.717, 1.165) is 39.0 Å². The van der Waals surface area contributed by atoms with Gasteiger partial charge in [-0.25, -0.2) is 0 Å². The zero-order chi connectivity index (χ0) is 15.0. The van der Waals surface area contributed by atoms with Crippen molar-refractivity contribution < 1.29 is 4.79 Å². The molecule has 0 N–H and O–H groups in total. The van der Waals surface area contributed by atoms with E-state index in [4.69, 9.17) is 11.6 Å². The fourth-order valence-electron chi connectivity index (χ4n) is 2.51. The van der Waals surface area contributed by atoms with E-state index in [9.17, 15) is 4.79 Å². The fourth-order valence-corrected chi connectivity index (χ4v) is 2.67. The van der Waals surface area contributed by atoms with Crippen molar-refractivity contribution in [2.45, 2.75) is 12.8 Å². The molecule has 0 spiro atoms. The first-order chi connectivity index (χ1) is 10.1. The van der Waals surface area contributed by atoms with Crippen LogP contribution in [0.2, 0.25) is 5.02 Å². The molecule has 0 saturated heterocycles. The van der Waals surface area contributed by atoms with E-state index in [1.165, 1.54) is 0 Å². The second kappa shape index (κ2) is 5.34. The van der Waals surface area contributed by atoms with Crippen molar-refractivity contribution in [1.29, 1.82) is 0 Å². The van der Waals surface area contributed by atoms with Crippen molar-refractivity contribution in [2.24, 2.45) is 7.05 Å². The van der Waals surface area contributed by atoms with Crippen molar-refractivity contribution in [1.82, 2.24) is 9.55 Å². The third-order valence-corrected chi connectivity index (χ3v) is 4.03. The van der Waals surface area contributed by atoms with Crippen LogP contribution in [0.4, 0.5) is 0 Å². The van der Waals surface area contributed by atoms with Gasteiger partial charge >= 0.3 is 0 Å². The summed E-state index contributed by atoms with van der Waals surface area (Å²) in [6.45, 7) is 1.87. The highest BCUT2D eigenvalue weighted by Crippen LogP contribution is 2.29. The van der Waals surface area contributed by atoms with E-state index in [2.05, 4.69) is 15.6 Å². The van der Waals surface area contributed by atoms with E-state index in [-0.39, 0.29) is 5.92 Å². The molecule has 106 valence electrons. The van der Waals surface area contributed by atoms with Gasteiger partial charge in [0.1, 0.15) is 6.29 Å². The third kappa shape index (κ3) is 2.45. The van der Waals surface area contributed by atoms with Gasteiger partial charge in [0, 0.05) is 46.8 Å². The summed E-state index contributed by atoms with van der Waals surface area (Å²) in [7, 11) is 2.00. The number of carbonyl (C=O) groups excluding carboxylic acids is 1. The van der Waals surface area contributed by atoms with Gasteiger partial charge in [-0.1, -0.05) is 24.6 Å². The molecule has 0 aliphatic heterocycles. The number of pyridine rings is 1. The van der Waals surface area contributed by atoms with Crippen LogP contribution in [0.5, 0.6) is 0 Å². The maximum atomic E-state index is 11.0. The molecule has 1 atom stereocenters. The lowest BCUT2D eigenvalue weighted by Gasteiger charge is -2.08. The number of aryl methyl sites for hydroxylation is 1. The Bertz CT molecular complexity index is 823. The Kier molecular flexibility index (Phi) is 3.52. The van der Waals surface area contributed by atoms with Crippen molar-refractivity contribution in [3.63, 3.8) is 0 Å². The summed E-state index contributed by atoms with van der Waals surface area (Å²) in [5.41, 5.74) is 4.05. The molecule has 0 aliphatic rings. The number of fused-ring (bicyclic) bond motifs is 1. The van der Waals surface area contributed by atoms with Gasteiger partial charge in [-0.3, -0.25) is 4.98 Å². The van der Waals surface area contributed by atoms with Crippen molar-refractivity contribution in [3.05, 3.63) is 53.3 Å². The number of carbonyl (C=O) groups is 1. The van der Waals surface area contributed by atoms with Crippen LogP contribution in [-0.4, -0.2) is 15.8 Å². The van der Waals surface area contributed by atoms with Crippen LogP contribution in [0.1, 0.15) is 18.4 Å². The Morgan fingerprint density at radius 2 is 2.05 bits per heavy atom. The molecule has 3 aromatic rings. The largest absolute Gasteiger partial charge is 0.344 e. The summed E-state index contributed by atoms with van der Waals surface area (Å²) >= 11 is 6.07. The zero-order valence-corrected chi connectivity index (χ0v) is 12.6. The topological polar surface area (TPSA) is 34.9 Å². The standard InChI is InChI=1S/C17H15ClN2O/c1-11(10-21)13-5-14(9-19-8-13)16-6-12-3-4-15(18)7-17(12)20(16)2/h3-11H,1-2H3. The van der Waals surface area contributed by atoms with Gasteiger partial charge in [-0.15, -0.1) is 0 Å². The number of hydrogen-bond acceptors (Lipinski definition) is 2. The second-order valence-corrected chi connectivity index (χ2v) is 5.66. The summed E-state index contributed by atoms with van der Waals surface area (Å²) in [5, 5.41) is 1.85. The first kappa shape index (κ1) is 13.8. The van der Waals surface area contributed by atoms with Gasteiger partial charge in [0.25, 0.3) is 0 Å². The predicted molar refractivity (Wildman–Crippen MR) is 85.6 cm³/mol. The SMILES string of the molecule is CC(C=O)c1cncc(-c2cc3ccc(Cl)cc3n2C)c1. The summed E-state index contributed by atoms with van der Waals surface area (Å²) in [6.07, 6.45) is 4.49. The first-order valence-corrected chi connectivity index (χ1v) is 7.13. The molecule has 1 aromatic carbocycles. The maximum Gasteiger partial charge on any atom is 0.127 e. The van der Waals surface area contributed by atoms with Gasteiger partial charge in [0.05, 0.1) is 5.69 Å². The smallest absolute Gasteiger partial charge is 0.127 e. The highest BCUT2D eigenvalue weighted by atomic mass is 35.5. The number of benzene rings is 1. The van der Waals surface area contributed by atoms with Crippen LogP contribution in [0.15, 0.2) is 42.7 Å². The lowest BCUT2D eigenvalue weighted by atomic mass is 10.0. The average Bonchev–Trinajstić information content (AvgIpc) is 2.83. The molecule has 1 unspecified atom stereocenters. The number of aromatic nitrogens is 2. The van der Waals surface area contributed by atoms with Crippen molar-refractivity contribution in [2.75, 3.05) is 0 Å². The van der Waals surface area contributed by atoms with Crippen molar-refractivity contribution >= 4 is 28.8 Å². The highest BCUT2D eigenvalue weighted by Gasteiger charge is 2.11. The van der Waals surface area contributed by atoms with E-state index in [1.807, 2.05) is 44.4 Å². The minimum Gasteiger partial charge on any atom is -0.344 e. The van der Waals surface area contributed by atoms with Crippen LogP contribution in [0, 0.1) is 0 Å². The Balaban J connectivity index is 2.16. The zero-order valence-electron chi connectivity index (χ0n) is 11.9. The molecule has 0 fully saturated rings. The fraction of sp³-hybridized carbons (Fsp3) is 0.176. The maximum absolute atomic E-state index is 11.0. The van der Waals surface area contributed by atoms with E-state index >= 15 is 0 Å². The average molecular weight is 299 g/mol. The molecule has 0 aliphatic carbocycles. The van der Waals surface area contributed by atoms with Crippen LogP contribution in [0.25, 0.3) is 22.2 Å². The molecule has 21 heavy (non-hydrogen) atoms. The van der Waals surface area contributed by atoms with E-state index in [0.29, 0.717) is 0 Å². The normalized spacial score (nSPS) is 12.5. The molecule has 3 rings (SSSR count). The minimum absolute atomic E-state index is 0.151. The van der Waals surface area contributed by atoms with Crippen molar-refractivity contribution in [3.8, 4) is 11.3 Å². The molecule has 4 heteroatoms. The third-order valence-electron chi connectivity index (χ3n) is 3.79.